The van der Waals surface area contributed by atoms with Crippen LogP contribution in [0.3, 0.4) is 0 Å². The average Bonchev–Trinajstić information content (AvgIpc) is 2.68. The first kappa shape index (κ1) is 13.2. The molecule has 1 N–H and O–H groups in total. The molecule has 0 aliphatic rings. The summed E-state index contributed by atoms with van der Waals surface area (Å²) in [7, 11) is 1.62. The number of carbonyl (C=O) groups is 1. The van der Waals surface area contributed by atoms with Crippen molar-refractivity contribution in [1.29, 1.82) is 0 Å². The van der Waals surface area contributed by atoms with Crippen LogP contribution in [0.25, 0.3) is 0 Å². The minimum absolute atomic E-state index is 0.0674. The van der Waals surface area contributed by atoms with Gasteiger partial charge in [0.15, 0.2) is 0 Å². The van der Waals surface area contributed by atoms with E-state index in [0.29, 0.717) is 5.69 Å². The first-order chi connectivity index (χ1) is 7.99. The lowest BCUT2D eigenvalue weighted by atomic mass is 10.1. The van der Waals surface area contributed by atoms with Gasteiger partial charge >= 0.3 is 0 Å². The highest BCUT2D eigenvalue weighted by molar-refractivity contribution is 5.93. The maximum absolute atomic E-state index is 11.9. The number of rotatable bonds is 5. The predicted octanol–water partition coefficient (Wildman–Crippen LogP) is 1.85. The van der Waals surface area contributed by atoms with Crippen LogP contribution in [0.1, 0.15) is 37.2 Å². The molecule has 6 heteroatoms. The molecule has 0 saturated carbocycles. The molecule has 6 nitrogen and oxygen atoms in total. The summed E-state index contributed by atoms with van der Waals surface area (Å²) in [4.78, 5) is 22.0. The molecule has 0 aliphatic heterocycles. The highest BCUT2D eigenvalue weighted by Gasteiger charge is 2.18. The smallest absolute Gasteiger partial charge is 0.287 e. The third kappa shape index (κ3) is 3.05. The van der Waals surface area contributed by atoms with E-state index < -0.39 is 4.92 Å². The van der Waals surface area contributed by atoms with Gasteiger partial charge in [0.25, 0.3) is 11.6 Å². The second-order valence-corrected chi connectivity index (χ2v) is 3.94. The quantitative estimate of drug-likeness (QED) is 0.629. The Bertz CT molecular complexity index is 422. The summed E-state index contributed by atoms with van der Waals surface area (Å²) >= 11 is 0. The zero-order chi connectivity index (χ0) is 13.0. The Morgan fingerprint density at radius 2 is 2.12 bits per heavy atom. The van der Waals surface area contributed by atoms with E-state index in [-0.39, 0.29) is 17.6 Å². The van der Waals surface area contributed by atoms with Gasteiger partial charge in [0, 0.05) is 19.2 Å². The molecule has 0 atom stereocenters. The second-order valence-electron chi connectivity index (χ2n) is 3.94. The summed E-state index contributed by atoms with van der Waals surface area (Å²) in [6.07, 6.45) is 3.02. The maximum atomic E-state index is 11.9. The van der Waals surface area contributed by atoms with Crippen molar-refractivity contribution in [2.24, 2.45) is 7.05 Å². The average molecular weight is 239 g/mol. The summed E-state index contributed by atoms with van der Waals surface area (Å²) in [6, 6.07) is 1.40. The van der Waals surface area contributed by atoms with Crippen molar-refractivity contribution in [3.05, 3.63) is 28.1 Å². The molecule has 1 amide bonds. The summed E-state index contributed by atoms with van der Waals surface area (Å²) < 4.78 is 1.47. The SMILES string of the molecule is CCC(CC)NC(=O)c1cc([N+](=O)[O-])cn1C. The fourth-order valence-corrected chi connectivity index (χ4v) is 1.62. The van der Waals surface area contributed by atoms with Crippen LogP contribution in [0.5, 0.6) is 0 Å². The number of aromatic nitrogens is 1. The number of hydrogen-bond donors (Lipinski definition) is 1. The Kier molecular flexibility index (Phi) is 4.25. The Morgan fingerprint density at radius 3 is 2.53 bits per heavy atom. The fraction of sp³-hybridized carbons (Fsp3) is 0.545. The van der Waals surface area contributed by atoms with Crippen molar-refractivity contribution >= 4 is 11.6 Å². The van der Waals surface area contributed by atoms with Crippen LogP contribution in [0.2, 0.25) is 0 Å². The van der Waals surface area contributed by atoms with Gasteiger partial charge in [-0.1, -0.05) is 13.8 Å². The molecular formula is C11H17N3O3. The number of aryl methyl sites for hydroxylation is 1. The van der Waals surface area contributed by atoms with Gasteiger partial charge < -0.3 is 9.88 Å². The van der Waals surface area contributed by atoms with Crippen LogP contribution in [0, 0.1) is 10.1 Å². The first-order valence-electron chi connectivity index (χ1n) is 5.61. The number of nitro groups is 1. The van der Waals surface area contributed by atoms with Gasteiger partial charge in [-0.25, -0.2) is 0 Å². The van der Waals surface area contributed by atoms with Gasteiger partial charge in [-0.05, 0) is 12.8 Å². The number of hydrogen-bond acceptors (Lipinski definition) is 3. The molecule has 0 fully saturated rings. The molecule has 1 rings (SSSR count). The molecule has 94 valence electrons. The van der Waals surface area contributed by atoms with Gasteiger partial charge in [0.1, 0.15) is 5.69 Å². The molecule has 17 heavy (non-hydrogen) atoms. The molecule has 0 unspecified atom stereocenters. The predicted molar refractivity (Wildman–Crippen MR) is 63.9 cm³/mol. The minimum Gasteiger partial charge on any atom is -0.348 e. The van der Waals surface area contributed by atoms with Crippen molar-refractivity contribution in [1.82, 2.24) is 9.88 Å². The van der Waals surface area contributed by atoms with E-state index in [1.165, 1.54) is 16.8 Å². The van der Waals surface area contributed by atoms with Crippen LogP contribution in [-0.2, 0) is 7.05 Å². The van der Waals surface area contributed by atoms with Crippen LogP contribution in [0.15, 0.2) is 12.3 Å². The lowest BCUT2D eigenvalue weighted by Gasteiger charge is -2.14. The van der Waals surface area contributed by atoms with E-state index in [9.17, 15) is 14.9 Å². The summed E-state index contributed by atoms with van der Waals surface area (Å²) in [6.45, 7) is 3.98. The zero-order valence-corrected chi connectivity index (χ0v) is 10.3. The van der Waals surface area contributed by atoms with Crippen molar-refractivity contribution < 1.29 is 9.72 Å². The number of nitrogens with one attached hydrogen (secondary N) is 1. The van der Waals surface area contributed by atoms with E-state index >= 15 is 0 Å². The first-order valence-corrected chi connectivity index (χ1v) is 5.61. The highest BCUT2D eigenvalue weighted by Crippen LogP contribution is 2.15. The number of amides is 1. The molecular weight excluding hydrogens is 222 g/mol. The van der Waals surface area contributed by atoms with Crippen molar-refractivity contribution in [2.75, 3.05) is 0 Å². The Hall–Kier alpha value is -1.85. The van der Waals surface area contributed by atoms with Gasteiger partial charge in [0.05, 0.1) is 11.1 Å². The molecule has 0 aromatic carbocycles. The third-order valence-electron chi connectivity index (χ3n) is 2.75. The molecule has 0 spiro atoms. The second kappa shape index (κ2) is 5.47. The van der Waals surface area contributed by atoms with E-state index in [1.807, 2.05) is 13.8 Å². The van der Waals surface area contributed by atoms with Crippen molar-refractivity contribution in [3.8, 4) is 0 Å². The Balaban J connectivity index is 2.85. The minimum atomic E-state index is -0.506. The molecule has 0 aliphatic carbocycles. The molecule has 1 heterocycles. The van der Waals surface area contributed by atoms with E-state index in [1.54, 1.807) is 7.05 Å². The van der Waals surface area contributed by atoms with Gasteiger partial charge in [-0.3, -0.25) is 14.9 Å². The van der Waals surface area contributed by atoms with Gasteiger partial charge in [0.2, 0.25) is 0 Å². The monoisotopic (exact) mass is 239 g/mol. The molecule has 1 aromatic heterocycles. The Morgan fingerprint density at radius 1 is 1.53 bits per heavy atom. The highest BCUT2D eigenvalue weighted by atomic mass is 16.6. The van der Waals surface area contributed by atoms with E-state index in [0.717, 1.165) is 12.8 Å². The van der Waals surface area contributed by atoms with E-state index in [2.05, 4.69) is 5.32 Å². The van der Waals surface area contributed by atoms with Crippen LogP contribution in [-0.4, -0.2) is 21.4 Å². The lowest BCUT2D eigenvalue weighted by molar-refractivity contribution is -0.384. The zero-order valence-electron chi connectivity index (χ0n) is 10.3. The summed E-state index contributed by atoms with van der Waals surface area (Å²) in [5, 5.41) is 13.4. The summed E-state index contributed by atoms with van der Waals surface area (Å²) in [5.41, 5.74) is 0.241. The number of nitrogens with zero attached hydrogens (tertiary/aromatic N) is 2. The lowest BCUT2D eigenvalue weighted by Crippen LogP contribution is -2.34. The van der Waals surface area contributed by atoms with Gasteiger partial charge in [-0.2, -0.15) is 0 Å². The third-order valence-corrected chi connectivity index (χ3v) is 2.75. The van der Waals surface area contributed by atoms with Crippen LogP contribution in [0.4, 0.5) is 5.69 Å². The van der Waals surface area contributed by atoms with Crippen LogP contribution >= 0.6 is 0 Å². The molecule has 0 bridgehead atoms. The van der Waals surface area contributed by atoms with Crippen LogP contribution < -0.4 is 5.32 Å². The fourth-order valence-electron chi connectivity index (χ4n) is 1.62. The molecule has 0 saturated heterocycles. The Labute approximate surface area is 99.8 Å². The summed E-state index contributed by atoms with van der Waals surface area (Å²) in [5.74, 6) is -0.269. The standard InChI is InChI=1S/C11H17N3O3/c1-4-8(5-2)12-11(15)10-6-9(14(16)17)7-13(10)3/h6-8H,4-5H2,1-3H3,(H,12,15). The normalized spacial score (nSPS) is 10.6. The molecule has 0 radical (unpaired) electrons. The van der Waals surface area contributed by atoms with Crippen molar-refractivity contribution in [3.63, 3.8) is 0 Å². The number of carbonyl (C=O) groups excluding carboxylic acids is 1. The maximum Gasteiger partial charge on any atom is 0.287 e. The van der Waals surface area contributed by atoms with E-state index in [4.69, 9.17) is 0 Å². The van der Waals surface area contributed by atoms with Crippen molar-refractivity contribution in [2.45, 2.75) is 32.7 Å². The van der Waals surface area contributed by atoms with Gasteiger partial charge in [-0.15, -0.1) is 0 Å². The largest absolute Gasteiger partial charge is 0.348 e. The molecule has 1 aromatic rings. The topological polar surface area (TPSA) is 77.2 Å².